The number of amides is 2. The van der Waals surface area contributed by atoms with E-state index in [1.165, 1.54) is 38.5 Å². The summed E-state index contributed by atoms with van der Waals surface area (Å²) in [5, 5.41) is 4.99. The van der Waals surface area contributed by atoms with Crippen LogP contribution in [0.15, 0.2) is 60.7 Å². The number of rotatable bonds is 13. The summed E-state index contributed by atoms with van der Waals surface area (Å²) in [5.74, 6) is -1.25. The van der Waals surface area contributed by atoms with Gasteiger partial charge in [-0.3, -0.25) is 9.59 Å². The van der Waals surface area contributed by atoms with Crippen LogP contribution in [0.25, 0.3) is 12.2 Å². The van der Waals surface area contributed by atoms with Crippen molar-refractivity contribution in [3.05, 3.63) is 71.8 Å². The summed E-state index contributed by atoms with van der Waals surface area (Å²) in [6, 6.07) is 14.2. The molecule has 2 N–H and O–H groups in total. The highest BCUT2D eigenvalue weighted by atomic mass is 16.5. The number of carbonyl (C=O) groups is 4. The monoisotopic (exact) mass is 496 g/mol. The van der Waals surface area contributed by atoms with Gasteiger partial charge in [0.25, 0.3) is 11.8 Å². The van der Waals surface area contributed by atoms with E-state index in [0.717, 1.165) is 0 Å². The van der Waals surface area contributed by atoms with E-state index in [0.29, 0.717) is 22.6 Å². The molecule has 0 spiro atoms. The first-order chi connectivity index (χ1) is 17.4. The van der Waals surface area contributed by atoms with Crippen molar-refractivity contribution >= 4 is 35.9 Å². The van der Waals surface area contributed by atoms with Gasteiger partial charge < -0.3 is 29.6 Å². The van der Waals surface area contributed by atoms with Crippen molar-refractivity contribution in [1.82, 2.24) is 10.6 Å². The highest BCUT2D eigenvalue weighted by molar-refractivity contribution is 5.90. The maximum absolute atomic E-state index is 11.8. The zero-order valence-electron chi connectivity index (χ0n) is 20.0. The lowest BCUT2D eigenvalue weighted by atomic mass is 10.2. The van der Waals surface area contributed by atoms with Gasteiger partial charge in [-0.1, -0.05) is 36.4 Å². The molecule has 0 unspecified atom stereocenters. The van der Waals surface area contributed by atoms with Crippen LogP contribution >= 0.6 is 0 Å². The second-order valence-corrected chi connectivity index (χ2v) is 7.07. The minimum Gasteiger partial charge on any atom is -0.496 e. The molecule has 2 amide bonds. The van der Waals surface area contributed by atoms with Crippen molar-refractivity contribution in [3.8, 4) is 11.5 Å². The Labute approximate surface area is 208 Å². The van der Waals surface area contributed by atoms with Crippen LogP contribution in [-0.2, 0) is 28.7 Å². The lowest BCUT2D eigenvalue weighted by molar-refractivity contribution is -0.144. The zero-order valence-corrected chi connectivity index (χ0v) is 20.0. The summed E-state index contributed by atoms with van der Waals surface area (Å²) in [6.45, 7) is -0.750. The maximum Gasteiger partial charge on any atom is 0.331 e. The third-order valence-electron chi connectivity index (χ3n) is 4.54. The number of carbonyl (C=O) groups excluding carboxylic acids is 4. The Hall–Kier alpha value is -4.60. The highest BCUT2D eigenvalue weighted by Crippen LogP contribution is 2.19. The van der Waals surface area contributed by atoms with E-state index >= 15 is 0 Å². The molecule has 2 aromatic carbocycles. The molecular weight excluding hydrogens is 468 g/mol. The van der Waals surface area contributed by atoms with Crippen molar-refractivity contribution in [2.24, 2.45) is 0 Å². The number of hydrogen-bond donors (Lipinski definition) is 2. The third-order valence-corrected chi connectivity index (χ3v) is 4.54. The van der Waals surface area contributed by atoms with Gasteiger partial charge in [0.05, 0.1) is 14.2 Å². The number of para-hydroxylation sites is 2. The van der Waals surface area contributed by atoms with Crippen LogP contribution in [0, 0.1) is 0 Å². The van der Waals surface area contributed by atoms with Gasteiger partial charge in [-0.05, 0) is 24.3 Å². The molecule has 0 atom stereocenters. The summed E-state index contributed by atoms with van der Waals surface area (Å²) in [4.78, 5) is 47.1. The zero-order chi connectivity index (χ0) is 26.2. The Kier molecular flexibility index (Phi) is 11.8. The molecule has 0 aliphatic rings. The fraction of sp³-hybridized carbons (Fsp3) is 0.231. The average Bonchev–Trinajstić information content (AvgIpc) is 2.90. The minimum absolute atomic E-state index is 0.0980. The van der Waals surface area contributed by atoms with Crippen molar-refractivity contribution < 1.29 is 38.1 Å². The summed E-state index contributed by atoms with van der Waals surface area (Å²) in [5.41, 5.74) is 1.38. The third kappa shape index (κ3) is 10.1. The Bertz CT molecular complexity index is 1020. The molecule has 0 fully saturated rings. The van der Waals surface area contributed by atoms with Crippen LogP contribution in [0.3, 0.4) is 0 Å². The number of ether oxygens (including phenoxy) is 4. The number of methoxy groups -OCH3 is 2. The van der Waals surface area contributed by atoms with Crippen molar-refractivity contribution in [2.45, 2.75) is 0 Å². The Morgan fingerprint density at radius 3 is 1.44 bits per heavy atom. The normalized spacial score (nSPS) is 10.6. The molecule has 0 radical (unpaired) electrons. The lowest BCUT2D eigenvalue weighted by Crippen LogP contribution is -2.38. The molecule has 190 valence electrons. The van der Waals surface area contributed by atoms with E-state index in [2.05, 4.69) is 10.6 Å². The largest absolute Gasteiger partial charge is 0.496 e. The highest BCUT2D eigenvalue weighted by Gasteiger charge is 2.08. The number of esters is 2. The fourth-order valence-corrected chi connectivity index (χ4v) is 2.80. The number of hydrogen-bond acceptors (Lipinski definition) is 8. The average molecular weight is 497 g/mol. The molecule has 0 aliphatic heterocycles. The molecule has 0 aliphatic carbocycles. The van der Waals surface area contributed by atoms with Gasteiger partial charge in [-0.2, -0.15) is 0 Å². The van der Waals surface area contributed by atoms with Gasteiger partial charge in [-0.25, -0.2) is 9.59 Å². The van der Waals surface area contributed by atoms with E-state index in [-0.39, 0.29) is 13.1 Å². The smallest absolute Gasteiger partial charge is 0.331 e. The molecule has 0 heterocycles. The molecule has 0 aromatic heterocycles. The summed E-state index contributed by atoms with van der Waals surface area (Å²) < 4.78 is 20.1. The minimum atomic E-state index is -0.689. The van der Waals surface area contributed by atoms with Crippen LogP contribution < -0.4 is 20.1 Å². The molecule has 0 saturated carbocycles. The second kappa shape index (κ2) is 15.3. The van der Waals surface area contributed by atoms with Gasteiger partial charge in [-0.15, -0.1) is 0 Å². The molecule has 2 aromatic rings. The quantitative estimate of drug-likeness (QED) is 0.244. The number of nitrogens with one attached hydrogen (secondary N) is 2. The molecule has 10 heteroatoms. The summed E-state index contributed by atoms with van der Waals surface area (Å²) in [6.07, 6.45) is 5.43. The lowest BCUT2D eigenvalue weighted by Gasteiger charge is -2.07. The van der Waals surface area contributed by atoms with Crippen LogP contribution in [-0.4, -0.2) is 64.3 Å². The van der Waals surface area contributed by atoms with Crippen LogP contribution in [0.4, 0.5) is 0 Å². The first-order valence-corrected chi connectivity index (χ1v) is 10.9. The van der Waals surface area contributed by atoms with Crippen molar-refractivity contribution in [1.29, 1.82) is 0 Å². The predicted molar refractivity (Wildman–Crippen MR) is 132 cm³/mol. The van der Waals surface area contributed by atoms with E-state index in [1.807, 2.05) is 0 Å². The first-order valence-electron chi connectivity index (χ1n) is 10.9. The SMILES string of the molecule is COc1ccccc1C=CC(=O)OCC(=O)NCCNC(=O)COC(=O)C=Cc1ccccc1OC. The maximum atomic E-state index is 11.8. The van der Waals surface area contributed by atoms with E-state index in [4.69, 9.17) is 18.9 Å². The molecule has 36 heavy (non-hydrogen) atoms. The first kappa shape index (κ1) is 27.6. The molecule has 0 saturated heterocycles. The summed E-state index contributed by atoms with van der Waals surface area (Å²) >= 11 is 0. The molecular formula is C26H28N2O8. The van der Waals surface area contributed by atoms with Crippen molar-refractivity contribution in [2.75, 3.05) is 40.5 Å². The van der Waals surface area contributed by atoms with E-state index < -0.39 is 37.0 Å². The van der Waals surface area contributed by atoms with Crippen LogP contribution in [0.2, 0.25) is 0 Å². The van der Waals surface area contributed by atoms with Gasteiger partial charge in [0.2, 0.25) is 0 Å². The van der Waals surface area contributed by atoms with E-state index in [9.17, 15) is 19.2 Å². The van der Waals surface area contributed by atoms with Crippen LogP contribution in [0.5, 0.6) is 11.5 Å². The Morgan fingerprint density at radius 2 is 1.06 bits per heavy atom. The number of benzene rings is 2. The predicted octanol–water partition coefficient (Wildman–Crippen LogP) is 1.75. The van der Waals surface area contributed by atoms with E-state index in [1.54, 1.807) is 48.5 Å². The standard InChI is InChI=1S/C26H28N2O8/c1-33-21-9-5-3-7-19(21)11-13-25(31)35-17-23(29)27-15-16-28-24(30)18-36-26(32)14-12-20-8-4-6-10-22(20)34-2/h3-14H,15-18H2,1-2H3,(H,27,29)(H,28,30). The van der Waals surface area contributed by atoms with Gasteiger partial charge in [0, 0.05) is 36.4 Å². The molecule has 10 nitrogen and oxygen atoms in total. The molecule has 2 rings (SSSR count). The summed E-state index contributed by atoms with van der Waals surface area (Å²) in [7, 11) is 3.04. The van der Waals surface area contributed by atoms with Crippen LogP contribution in [0.1, 0.15) is 11.1 Å². The Balaban J connectivity index is 1.59. The fourth-order valence-electron chi connectivity index (χ4n) is 2.80. The Morgan fingerprint density at radius 1 is 0.667 bits per heavy atom. The van der Waals surface area contributed by atoms with Gasteiger partial charge in [0.1, 0.15) is 11.5 Å². The molecule has 0 bridgehead atoms. The van der Waals surface area contributed by atoms with Gasteiger partial charge >= 0.3 is 11.9 Å². The topological polar surface area (TPSA) is 129 Å². The second-order valence-electron chi connectivity index (χ2n) is 7.07. The van der Waals surface area contributed by atoms with Crippen molar-refractivity contribution in [3.63, 3.8) is 0 Å². The van der Waals surface area contributed by atoms with Gasteiger partial charge in [0.15, 0.2) is 13.2 Å².